The summed E-state index contributed by atoms with van der Waals surface area (Å²) in [5, 5.41) is 15.2. The van der Waals surface area contributed by atoms with Crippen LogP contribution in [0.5, 0.6) is 0 Å². The maximum Gasteiger partial charge on any atom is 0.308 e. The number of nitrogens with one attached hydrogen (secondary N) is 1. The third kappa shape index (κ3) is 2.31. The van der Waals surface area contributed by atoms with Crippen molar-refractivity contribution in [1.82, 2.24) is 15.1 Å². The highest BCUT2D eigenvalue weighted by atomic mass is 16.4. The first-order chi connectivity index (χ1) is 9.32. The van der Waals surface area contributed by atoms with Crippen LogP contribution in [-0.2, 0) is 4.79 Å². The fourth-order valence-corrected chi connectivity index (χ4v) is 2.50. The number of carboxylic acids is 1. The topological polar surface area (TPSA) is 103 Å². The lowest BCUT2D eigenvalue weighted by Gasteiger charge is -2.17. The van der Waals surface area contributed by atoms with E-state index in [-0.39, 0.29) is 18.0 Å². The van der Waals surface area contributed by atoms with Crippen molar-refractivity contribution in [1.29, 1.82) is 0 Å². The van der Waals surface area contributed by atoms with Crippen LogP contribution in [0.15, 0.2) is 4.79 Å². The van der Waals surface area contributed by atoms with Crippen molar-refractivity contribution in [2.75, 3.05) is 13.1 Å². The number of aromatic amines is 1. The molecule has 0 aromatic carbocycles. The molecule has 7 nitrogen and oxygen atoms in total. The number of rotatable bonds is 2. The Labute approximate surface area is 115 Å². The molecule has 2 unspecified atom stereocenters. The summed E-state index contributed by atoms with van der Waals surface area (Å²) >= 11 is 0. The summed E-state index contributed by atoms with van der Waals surface area (Å²) in [5.74, 6) is -2.05. The molecule has 2 atom stereocenters. The molecule has 108 valence electrons. The molecule has 1 fully saturated rings. The number of hydrogen-bond acceptors (Lipinski definition) is 4. The molecule has 1 aliphatic rings. The number of nitrogens with zero attached hydrogens (tertiary/aromatic N) is 2. The fourth-order valence-electron chi connectivity index (χ4n) is 2.50. The molecule has 1 saturated heterocycles. The van der Waals surface area contributed by atoms with Crippen molar-refractivity contribution in [2.45, 2.75) is 20.8 Å². The molecule has 7 heteroatoms. The van der Waals surface area contributed by atoms with Crippen molar-refractivity contribution >= 4 is 11.9 Å². The molecule has 20 heavy (non-hydrogen) atoms. The van der Waals surface area contributed by atoms with Gasteiger partial charge >= 0.3 is 5.97 Å². The first-order valence-electron chi connectivity index (χ1n) is 6.41. The SMILES string of the molecule is Cc1n[nH]c(=O)c(C(=O)N2CC(C)C(C(=O)O)C2)c1C. The van der Waals surface area contributed by atoms with Crippen LogP contribution in [0.3, 0.4) is 0 Å². The summed E-state index contributed by atoms with van der Waals surface area (Å²) in [6, 6.07) is 0. The van der Waals surface area contributed by atoms with Gasteiger partial charge in [-0.2, -0.15) is 5.10 Å². The number of amides is 1. The minimum Gasteiger partial charge on any atom is -0.481 e. The van der Waals surface area contributed by atoms with E-state index in [0.717, 1.165) is 0 Å². The number of aryl methyl sites for hydroxylation is 1. The van der Waals surface area contributed by atoms with Gasteiger partial charge in [-0.25, -0.2) is 5.10 Å². The van der Waals surface area contributed by atoms with Gasteiger partial charge in [0.15, 0.2) is 0 Å². The number of H-pyrrole nitrogens is 1. The summed E-state index contributed by atoms with van der Waals surface area (Å²) in [5.41, 5.74) is 0.625. The van der Waals surface area contributed by atoms with Crippen LogP contribution in [0.4, 0.5) is 0 Å². The van der Waals surface area contributed by atoms with Crippen molar-refractivity contribution in [2.24, 2.45) is 11.8 Å². The lowest BCUT2D eigenvalue weighted by atomic mass is 9.99. The highest BCUT2D eigenvalue weighted by Gasteiger charge is 2.38. The van der Waals surface area contributed by atoms with E-state index in [1.54, 1.807) is 20.8 Å². The van der Waals surface area contributed by atoms with Crippen LogP contribution < -0.4 is 5.56 Å². The van der Waals surface area contributed by atoms with Crippen LogP contribution in [0.25, 0.3) is 0 Å². The van der Waals surface area contributed by atoms with Gasteiger partial charge in [-0.3, -0.25) is 14.4 Å². The fraction of sp³-hybridized carbons (Fsp3) is 0.538. The number of carbonyl (C=O) groups is 2. The van der Waals surface area contributed by atoms with Gasteiger partial charge in [0.05, 0.1) is 11.6 Å². The summed E-state index contributed by atoms with van der Waals surface area (Å²) in [6.45, 7) is 5.64. The summed E-state index contributed by atoms with van der Waals surface area (Å²) in [7, 11) is 0. The van der Waals surface area contributed by atoms with Gasteiger partial charge in [0.1, 0.15) is 5.56 Å². The maximum absolute atomic E-state index is 12.4. The lowest BCUT2D eigenvalue weighted by Crippen LogP contribution is -2.35. The number of carbonyl (C=O) groups excluding carboxylic acids is 1. The van der Waals surface area contributed by atoms with Crippen molar-refractivity contribution in [3.63, 3.8) is 0 Å². The number of aliphatic carboxylic acids is 1. The molecule has 0 spiro atoms. The van der Waals surface area contributed by atoms with E-state index >= 15 is 0 Å². The smallest absolute Gasteiger partial charge is 0.308 e. The van der Waals surface area contributed by atoms with Crippen molar-refractivity contribution in [3.05, 3.63) is 27.2 Å². The number of hydrogen-bond donors (Lipinski definition) is 2. The minimum atomic E-state index is -0.913. The van der Waals surface area contributed by atoms with Gasteiger partial charge < -0.3 is 10.0 Å². The predicted molar refractivity (Wildman–Crippen MR) is 70.5 cm³/mol. The van der Waals surface area contributed by atoms with Crippen molar-refractivity contribution in [3.8, 4) is 0 Å². The normalized spacial score (nSPS) is 22.1. The molecular formula is C13H17N3O4. The van der Waals surface area contributed by atoms with E-state index < -0.39 is 23.4 Å². The Morgan fingerprint density at radius 2 is 2.00 bits per heavy atom. The Kier molecular flexibility index (Phi) is 3.61. The summed E-state index contributed by atoms with van der Waals surface area (Å²) in [4.78, 5) is 36.8. The zero-order chi connectivity index (χ0) is 15.0. The van der Waals surface area contributed by atoms with Gasteiger partial charge in [0.2, 0.25) is 0 Å². The van der Waals surface area contributed by atoms with E-state index in [0.29, 0.717) is 17.8 Å². The van der Waals surface area contributed by atoms with Crippen molar-refractivity contribution < 1.29 is 14.7 Å². The largest absolute Gasteiger partial charge is 0.481 e. The Morgan fingerprint density at radius 3 is 2.55 bits per heavy atom. The van der Waals surface area contributed by atoms with Crippen LogP contribution in [-0.4, -0.2) is 45.2 Å². The first kappa shape index (κ1) is 14.2. The van der Waals surface area contributed by atoms with Crippen LogP contribution in [0.2, 0.25) is 0 Å². The summed E-state index contributed by atoms with van der Waals surface area (Å²) < 4.78 is 0. The highest BCUT2D eigenvalue weighted by molar-refractivity contribution is 5.96. The van der Waals surface area contributed by atoms with Gasteiger partial charge in [0, 0.05) is 13.1 Å². The molecule has 1 amide bonds. The Balaban J connectivity index is 2.33. The molecule has 0 bridgehead atoms. The molecule has 0 saturated carbocycles. The monoisotopic (exact) mass is 279 g/mol. The van der Waals surface area contributed by atoms with Crippen LogP contribution in [0.1, 0.15) is 28.5 Å². The van der Waals surface area contributed by atoms with E-state index in [9.17, 15) is 14.4 Å². The Bertz CT molecular complexity index is 623. The second-order valence-corrected chi connectivity index (χ2v) is 5.27. The average Bonchev–Trinajstić information content (AvgIpc) is 2.76. The van der Waals surface area contributed by atoms with Crippen LogP contribution >= 0.6 is 0 Å². The number of aromatic nitrogens is 2. The lowest BCUT2D eigenvalue weighted by molar-refractivity contribution is -0.142. The Morgan fingerprint density at radius 1 is 1.35 bits per heavy atom. The van der Waals surface area contributed by atoms with Crippen LogP contribution in [0, 0.1) is 25.7 Å². The Hall–Kier alpha value is -2.18. The molecule has 0 aliphatic carbocycles. The molecule has 2 N–H and O–H groups in total. The average molecular weight is 279 g/mol. The number of carboxylic acid groups (broad SMARTS) is 1. The molecule has 1 aromatic rings. The third-order valence-corrected chi connectivity index (χ3v) is 3.90. The maximum atomic E-state index is 12.4. The third-order valence-electron chi connectivity index (χ3n) is 3.90. The van der Waals surface area contributed by atoms with E-state index in [2.05, 4.69) is 10.2 Å². The van der Waals surface area contributed by atoms with Gasteiger partial charge in [0.25, 0.3) is 11.5 Å². The highest BCUT2D eigenvalue weighted by Crippen LogP contribution is 2.24. The first-order valence-corrected chi connectivity index (χ1v) is 6.41. The number of likely N-dealkylation sites (tertiary alicyclic amines) is 1. The standard InChI is InChI=1S/C13H17N3O4/c1-6-4-16(5-9(6)13(19)20)12(18)10-7(2)8(3)14-15-11(10)17/h6,9H,4-5H2,1-3H3,(H,15,17)(H,19,20). The van der Waals surface area contributed by atoms with E-state index in [4.69, 9.17) is 5.11 Å². The minimum absolute atomic E-state index is 0.0516. The van der Waals surface area contributed by atoms with E-state index in [1.165, 1.54) is 4.90 Å². The quantitative estimate of drug-likeness (QED) is 0.803. The molecular weight excluding hydrogens is 262 g/mol. The van der Waals surface area contributed by atoms with Gasteiger partial charge in [-0.05, 0) is 25.3 Å². The van der Waals surface area contributed by atoms with Gasteiger partial charge in [-0.15, -0.1) is 0 Å². The molecule has 2 heterocycles. The zero-order valence-corrected chi connectivity index (χ0v) is 11.6. The second-order valence-electron chi connectivity index (χ2n) is 5.27. The van der Waals surface area contributed by atoms with E-state index in [1.807, 2.05) is 0 Å². The second kappa shape index (κ2) is 5.07. The predicted octanol–water partition coefficient (Wildman–Crippen LogP) is 0.179. The zero-order valence-electron chi connectivity index (χ0n) is 11.6. The summed E-state index contributed by atoms with van der Waals surface area (Å²) in [6.07, 6.45) is 0. The molecule has 2 rings (SSSR count). The molecule has 1 aromatic heterocycles. The molecule has 1 aliphatic heterocycles. The van der Waals surface area contributed by atoms with Gasteiger partial charge in [-0.1, -0.05) is 6.92 Å². The molecule has 0 radical (unpaired) electrons.